The topological polar surface area (TPSA) is 48.1 Å². The normalized spacial score (nSPS) is 12.9. The summed E-state index contributed by atoms with van der Waals surface area (Å²) in [5.41, 5.74) is 6.98. The molecule has 0 spiro atoms. The number of hydrogen-bond acceptors (Lipinski definition) is 3. The van der Waals surface area contributed by atoms with E-state index >= 15 is 0 Å². The standard InChI is InChI=1S/C12H20N2O/c1-4-15-12-7-10(5-6-14-12)11(8-13)9(2)3/h5-7,9,11H,4,8,13H2,1-3H3. The molecule has 0 aliphatic heterocycles. The molecule has 0 aromatic carbocycles. The Morgan fingerprint density at radius 2 is 2.20 bits per heavy atom. The fourth-order valence-corrected chi connectivity index (χ4v) is 1.68. The first kappa shape index (κ1) is 12.0. The van der Waals surface area contributed by atoms with E-state index in [1.807, 2.05) is 19.1 Å². The van der Waals surface area contributed by atoms with Gasteiger partial charge in [0.05, 0.1) is 6.61 Å². The van der Waals surface area contributed by atoms with Crippen molar-refractivity contribution in [3.63, 3.8) is 0 Å². The highest BCUT2D eigenvalue weighted by Gasteiger charge is 2.14. The molecule has 0 bridgehead atoms. The molecule has 1 heterocycles. The van der Waals surface area contributed by atoms with Gasteiger partial charge in [-0.3, -0.25) is 0 Å². The van der Waals surface area contributed by atoms with Gasteiger partial charge in [-0.15, -0.1) is 0 Å². The summed E-state index contributed by atoms with van der Waals surface area (Å²) >= 11 is 0. The number of aromatic nitrogens is 1. The van der Waals surface area contributed by atoms with Crippen LogP contribution >= 0.6 is 0 Å². The third-order valence-corrected chi connectivity index (χ3v) is 2.54. The van der Waals surface area contributed by atoms with Crippen LogP contribution < -0.4 is 10.5 Å². The molecule has 0 aliphatic rings. The van der Waals surface area contributed by atoms with E-state index in [1.165, 1.54) is 5.56 Å². The van der Waals surface area contributed by atoms with Crippen molar-refractivity contribution >= 4 is 0 Å². The monoisotopic (exact) mass is 208 g/mol. The van der Waals surface area contributed by atoms with E-state index in [0.29, 0.717) is 30.9 Å². The Morgan fingerprint density at radius 1 is 1.47 bits per heavy atom. The van der Waals surface area contributed by atoms with Gasteiger partial charge in [-0.25, -0.2) is 4.98 Å². The molecule has 1 aromatic rings. The van der Waals surface area contributed by atoms with E-state index in [0.717, 1.165) is 0 Å². The van der Waals surface area contributed by atoms with Crippen LogP contribution in [0.4, 0.5) is 0 Å². The second-order valence-electron chi connectivity index (χ2n) is 3.95. The van der Waals surface area contributed by atoms with Gasteiger partial charge in [0, 0.05) is 12.3 Å². The lowest BCUT2D eigenvalue weighted by Crippen LogP contribution is -2.17. The summed E-state index contributed by atoms with van der Waals surface area (Å²) < 4.78 is 5.37. The SMILES string of the molecule is CCOc1cc(C(CN)C(C)C)ccn1. The van der Waals surface area contributed by atoms with Crippen LogP contribution in [0.25, 0.3) is 0 Å². The zero-order chi connectivity index (χ0) is 11.3. The summed E-state index contributed by atoms with van der Waals surface area (Å²) in [5, 5.41) is 0. The fraction of sp³-hybridized carbons (Fsp3) is 0.583. The van der Waals surface area contributed by atoms with Crippen LogP contribution in [0.3, 0.4) is 0 Å². The number of hydrogen-bond donors (Lipinski definition) is 1. The third kappa shape index (κ3) is 3.20. The van der Waals surface area contributed by atoms with Crippen molar-refractivity contribution in [3.8, 4) is 5.88 Å². The number of nitrogens with two attached hydrogens (primary N) is 1. The first-order chi connectivity index (χ1) is 7.19. The second kappa shape index (κ2) is 5.71. The van der Waals surface area contributed by atoms with Gasteiger partial charge in [-0.1, -0.05) is 13.8 Å². The van der Waals surface area contributed by atoms with Crippen LogP contribution in [0.1, 0.15) is 32.3 Å². The van der Waals surface area contributed by atoms with E-state index in [-0.39, 0.29) is 0 Å². The largest absolute Gasteiger partial charge is 0.478 e. The first-order valence-electron chi connectivity index (χ1n) is 5.47. The van der Waals surface area contributed by atoms with Crippen molar-refractivity contribution in [2.24, 2.45) is 11.7 Å². The molecule has 3 heteroatoms. The molecule has 0 saturated heterocycles. The predicted octanol–water partition coefficient (Wildman–Crippen LogP) is 2.18. The van der Waals surface area contributed by atoms with E-state index in [1.54, 1.807) is 6.20 Å². The van der Waals surface area contributed by atoms with E-state index < -0.39 is 0 Å². The lowest BCUT2D eigenvalue weighted by Gasteiger charge is -2.19. The molecule has 15 heavy (non-hydrogen) atoms. The van der Waals surface area contributed by atoms with Crippen LogP contribution in [0.15, 0.2) is 18.3 Å². The minimum atomic E-state index is 0.382. The zero-order valence-corrected chi connectivity index (χ0v) is 9.73. The highest BCUT2D eigenvalue weighted by atomic mass is 16.5. The Hall–Kier alpha value is -1.09. The molecule has 1 aromatic heterocycles. The highest BCUT2D eigenvalue weighted by molar-refractivity contribution is 5.24. The lowest BCUT2D eigenvalue weighted by molar-refractivity contribution is 0.325. The number of pyridine rings is 1. The molecule has 2 N–H and O–H groups in total. The molecular formula is C12H20N2O. The van der Waals surface area contributed by atoms with Gasteiger partial charge in [-0.2, -0.15) is 0 Å². The molecule has 0 amide bonds. The Morgan fingerprint density at radius 3 is 2.73 bits per heavy atom. The second-order valence-corrected chi connectivity index (χ2v) is 3.95. The maximum Gasteiger partial charge on any atom is 0.213 e. The molecular weight excluding hydrogens is 188 g/mol. The highest BCUT2D eigenvalue weighted by Crippen LogP contribution is 2.24. The van der Waals surface area contributed by atoms with E-state index in [9.17, 15) is 0 Å². The summed E-state index contributed by atoms with van der Waals surface area (Å²) in [6.45, 7) is 7.62. The molecule has 84 valence electrons. The molecule has 3 nitrogen and oxygen atoms in total. The molecule has 0 radical (unpaired) electrons. The van der Waals surface area contributed by atoms with Gasteiger partial charge in [0.1, 0.15) is 0 Å². The lowest BCUT2D eigenvalue weighted by atomic mass is 9.89. The number of nitrogens with zero attached hydrogens (tertiary/aromatic N) is 1. The van der Waals surface area contributed by atoms with Gasteiger partial charge in [-0.05, 0) is 36.9 Å². The minimum Gasteiger partial charge on any atom is -0.478 e. The molecule has 1 unspecified atom stereocenters. The van der Waals surface area contributed by atoms with Gasteiger partial charge >= 0.3 is 0 Å². The smallest absolute Gasteiger partial charge is 0.213 e. The maximum absolute atomic E-state index is 5.77. The van der Waals surface area contributed by atoms with Crippen molar-refractivity contribution in [3.05, 3.63) is 23.9 Å². The molecule has 0 saturated carbocycles. The van der Waals surface area contributed by atoms with Crippen molar-refractivity contribution in [1.29, 1.82) is 0 Å². The molecule has 1 rings (SSSR count). The van der Waals surface area contributed by atoms with Crippen LogP contribution in [-0.2, 0) is 0 Å². The van der Waals surface area contributed by atoms with E-state index in [2.05, 4.69) is 18.8 Å². The summed E-state index contributed by atoms with van der Waals surface area (Å²) in [7, 11) is 0. The summed E-state index contributed by atoms with van der Waals surface area (Å²) in [6, 6.07) is 4.00. The summed E-state index contributed by atoms with van der Waals surface area (Å²) in [5.74, 6) is 1.60. The van der Waals surface area contributed by atoms with Crippen LogP contribution in [0, 0.1) is 5.92 Å². The quantitative estimate of drug-likeness (QED) is 0.806. The Kier molecular flexibility index (Phi) is 4.56. The fourth-order valence-electron chi connectivity index (χ4n) is 1.68. The van der Waals surface area contributed by atoms with Crippen molar-refractivity contribution in [2.75, 3.05) is 13.2 Å². The van der Waals surface area contributed by atoms with Crippen molar-refractivity contribution in [2.45, 2.75) is 26.7 Å². The molecule has 1 atom stereocenters. The summed E-state index contributed by atoms with van der Waals surface area (Å²) in [4.78, 5) is 4.14. The van der Waals surface area contributed by atoms with Crippen molar-refractivity contribution in [1.82, 2.24) is 4.98 Å². The third-order valence-electron chi connectivity index (χ3n) is 2.54. The Labute approximate surface area is 91.7 Å². The Balaban J connectivity index is 2.87. The number of rotatable bonds is 5. The van der Waals surface area contributed by atoms with Gasteiger partial charge in [0.25, 0.3) is 0 Å². The predicted molar refractivity (Wildman–Crippen MR) is 62.0 cm³/mol. The minimum absolute atomic E-state index is 0.382. The summed E-state index contributed by atoms with van der Waals surface area (Å²) in [6.07, 6.45) is 1.78. The first-order valence-corrected chi connectivity index (χ1v) is 5.47. The van der Waals surface area contributed by atoms with Crippen LogP contribution in [-0.4, -0.2) is 18.1 Å². The number of ether oxygens (including phenoxy) is 1. The zero-order valence-electron chi connectivity index (χ0n) is 9.73. The maximum atomic E-state index is 5.77. The average molecular weight is 208 g/mol. The van der Waals surface area contributed by atoms with Crippen LogP contribution in [0.2, 0.25) is 0 Å². The van der Waals surface area contributed by atoms with Gasteiger partial charge < -0.3 is 10.5 Å². The van der Waals surface area contributed by atoms with E-state index in [4.69, 9.17) is 10.5 Å². The molecule has 0 aliphatic carbocycles. The Bertz CT molecular complexity index is 299. The van der Waals surface area contributed by atoms with Crippen LogP contribution in [0.5, 0.6) is 5.88 Å². The van der Waals surface area contributed by atoms with Crippen molar-refractivity contribution < 1.29 is 4.74 Å². The average Bonchev–Trinajstić information content (AvgIpc) is 2.19. The van der Waals surface area contributed by atoms with Gasteiger partial charge in [0.15, 0.2) is 0 Å². The molecule has 0 fully saturated rings. The van der Waals surface area contributed by atoms with Gasteiger partial charge in [0.2, 0.25) is 5.88 Å².